The Labute approximate surface area is 79.7 Å². The molecule has 3 heterocycles. The molecule has 2 aromatic heterocycles. The third-order valence-corrected chi connectivity index (χ3v) is 2.29. The highest BCUT2D eigenvalue weighted by molar-refractivity contribution is 5.38. The fourth-order valence-electron chi connectivity index (χ4n) is 1.35. The molecule has 2 aromatic rings. The van der Waals surface area contributed by atoms with Gasteiger partial charge in [0.1, 0.15) is 0 Å². The van der Waals surface area contributed by atoms with Gasteiger partial charge in [0, 0.05) is 31.4 Å². The van der Waals surface area contributed by atoms with Crippen LogP contribution in [-0.2, 0) is 0 Å². The highest BCUT2D eigenvalue weighted by atomic mass is 16.5. The van der Waals surface area contributed by atoms with E-state index in [9.17, 15) is 0 Å². The van der Waals surface area contributed by atoms with Crippen LogP contribution in [0.1, 0.15) is 11.7 Å². The Morgan fingerprint density at radius 3 is 3.00 bits per heavy atom. The molecule has 0 radical (unpaired) electrons. The molecule has 0 spiro atoms. The summed E-state index contributed by atoms with van der Waals surface area (Å²) in [5.74, 6) is 2.23. The van der Waals surface area contributed by atoms with Crippen LogP contribution < -0.4 is 5.32 Å². The molecule has 1 fully saturated rings. The van der Waals surface area contributed by atoms with Crippen LogP contribution in [0.25, 0.3) is 11.7 Å². The fraction of sp³-hybridized carbons (Fsp3) is 0.375. The maximum absolute atomic E-state index is 5.08. The summed E-state index contributed by atoms with van der Waals surface area (Å²) in [6.45, 7) is 1.86. The van der Waals surface area contributed by atoms with Gasteiger partial charge in [-0.05, 0) is 0 Å². The number of H-pyrrole nitrogens is 1. The molecule has 6 heteroatoms. The van der Waals surface area contributed by atoms with Crippen LogP contribution in [0.15, 0.2) is 16.9 Å². The summed E-state index contributed by atoms with van der Waals surface area (Å²) in [4.78, 5) is 11.2. The average Bonchev–Trinajstić information content (AvgIpc) is 2.65. The van der Waals surface area contributed by atoms with Crippen LogP contribution >= 0.6 is 0 Å². The number of hydrogen-bond acceptors (Lipinski definition) is 5. The number of rotatable bonds is 2. The van der Waals surface area contributed by atoms with E-state index in [0.29, 0.717) is 17.6 Å². The molecule has 0 atom stereocenters. The van der Waals surface area contributed by atoms with Gasteiger partial charge in [-0.2, -0.15) is 4.98 Å². The molecule has 0 aliphatic carbocycles. The zero-order chi connectivity index (χ0) is 9.38. The van der Waals surface area contributed by atoms with Gasteiger partial charge in [0.25, 0.3) is 5.89 Å². The first kappa shape index (κ1) is 7.69. The minimum atomic E-state index is 0.391. The molecular weight excluding hydrogens is 182 g/mol. The molecule has 0 amide bonds. The van der Waals surface area contributed by atoms with E-state index in [4.69, 9.17) is 4.52 Å². The Kier molecular flexibility index (Phi) is 1.60. The van der Waals surface area contributed by atoms with Gasteiger partial charge in [0.15, 0.2) is 11.6 Å². The minimum absolute atomic E-state index is 0.391. The van der Waals surface area contributed by atoms with Crippen molar-refractivity contribution in [3.05, 3.63) is 18.2 Å². The second-order valence-electron chi connectivity index (χ2n) is 3.25. The largest absolute Gasteiger partial charge is 0.341 e. The van der Waals surface area contributed by atoms with E-state index in [-0.39, 0.29) is 0 Å². The van der Waals surface area contributed by atoms with Crippen molar-refractivity contribution in [1.29, 1.82) is 0 Å². The maximum Gasteiger partial charge on any atom is 0.293 e. The van der Waals surface area contributed by atoms with E-state index >= 15 is 0 Å². The van der Waals surface area contributed by atoms with E-state index in [2.05, 4.69) is 25.4 Å². The monoisotopic (exact) mass is 191 g/mol. The van der Waals surface area contributed by atoms with Gasteiger partial charge in [-0.25, -0.2) is 4.98 Å². The summed E-state index contributed by atoms with van der Waals surface area (Å²) < 4.78 is 5.08. The lowest BCUT2D eigenvalue weighted by atomic mass is 10.0. The van der Waals surface area contributed by atoms with Crippen LogP contribution in [-0.4, -0.2) is 33.2 Å². The highest BCUT2D eigenvalue weighted by Crippen LogP contribution is 2.19. The molecule has 72 valence electrons. The Bertz CT molecular complexity index is 417. The lowest BCUT2D eigenvalue weighted by Gasteiger charge is -2.23. The third kappa shape index (κ3) is 1.12. The molecule has 14 heavy (non-hydrogen) atoms. The van der Waals surface area contributed by atoms with Crippen molar-refractivity contribution in [2.75, 3.05) is 13.1 Å². The summed E-state index contributed by atoms with van der Waals surface area (Å²) in [6, 6.07) is 0. The number of aromatic nitrogens is 4. The number of imidazole rings is 1. The molecular formula is C8H9N5O. The molecule has 1 aliphatic rings. The Balaban J connectivity index is 1.90. The Morgan fingerprint density at radius 1 is 1.43 bits per heavy atom. The normalized spacial score (nSPS) is 16.9. The van der Waals surface area contributed by atoms with Gasteiger partial charge in [0.05, 0.1) is 0 Å². The lowest BCUT2D eigenvalue weighted by molar-refractivity contribution is 0.381. The summed E-state index contributed by atoms with van der Waals surface area (Å²) in [7, 11) is 0. The number of nitrogens with zero attached hydrogens (tertiary/aromatic N) is 3. The fourth-order valence-corrected chi connectivity index (χ4v) is 1.35. The molecule has 0 unspecified atom stereocenters. The quantitative estimate of drug-likeness (QED) is 0.706. The van der Waals surface area contributed by atoms with Gasteiger partial charge < -0.3 is 14.8 Å². The number of hydrogen-bond donors (Lipinski definition) is 2. The van der Waals surface area contributed by atoms with Crippen molar-refractivity contribution >= 4 is 0 Å². The van der Waals surface area contributed by atoms with E-state index in [1.807, 2.05) is 0 Å². The summed E-state index contributed by atoms with van der Waals surface area (Å²) in [6.07, 6.45) is 3.38. The van der Waals surface area contributed by atoms with Crippen molar-refractivity contribution < 1.29 is 4.52 Å². The summed E-state index contributed by atoms with van der Waals surface area (Å²) >= 11 is 0. The summed E-state index contributed by atoms with van der Waals surface area (Å²) in [5, 5.41) is 7.07. The zero-order valence-corrected chi connectivity index (χ0v) is 7.40. The molecule has 6 nitrogen and oxygen atoms in total. The molecule has 0 bridgehead atoms. The standard InChI is InChI=1S/C8H9N5O/c1-2-11-7(10-1)8-12-6(13-14-8)5-3-9-4-5/h1-2,5,9H,3-4H2,(H,10,11). The minimum Gasteiger partial charge on any atom is -0.341 e. The number of nitrogens with one attached hydrogen (secondary N) is 2. The van der Waals surface area contributed by atoms with Crippen LogP contribution in [0, 0.1) is 0 Å². The molecule has 1 saturated heterocycles. The first-order chi connectivity index (χ1) is 6.93. The van der Waals surface area contributed by atoms with Crippen molar-refractivity contribution in [3.63, 3.8) is 0 Å². The molecule has 0 aromatic carbocycles. The summed E-state index contributed by atoms with van der Waals surface area (Å²) in [5.41, 5.74) is 0. The average molecular weight is 191 g/mol. The topological polar surface area (TPSA) is 79.6 Å². The van der Waals surface area contributed by atoms with Gasteiger partial charge in [0.2, 0.25) is 0 Å². The van der Waals surface area contributed by atoms with Crippen molar-refractivity contribution in [1.82, 2.24) is 25.4 Å². The SMILES string of the molecule is c1c[nH]c(-c2nc(C3CNC3)no2)n1. The second-order valence-corrected chi connectivity index (χ2v) is 3.25. The van der Waals surface area contributed by atoms with E-state index in [1.54, 1.807) is 12.4 Å². The van der Waals surface area contributed by atoms with Crippen molar-refractivity contribution in [3.8, 4) is 11.7 Å². The van der Waals surface area contributed by atoms with Crippen LogP contribution in [0.2, 0.25) is 0 Å². The van der Waals surface area contributed by atoms with Gasteiger partial charge in [-0.1, -0.05) is 5.16 Å². The Hall–Kier alpha value is -1.69. The smallest absolute Gasteiger partial charge is 0.293 e. The van der Waals surface area contributed by atoms with Gasteiger partial charge in [-0.15, -0.1) is 0 Å². The molecule has 0 saturated carbocycles. The second kappa shape index (κ2) is 2.91. The van der Waals surface area contributed by atoms with Crippen LogP contribution in [0.3, 0.4) is 0 Å². The van der Waals surface area contributed by atoms with E-state index < -0.39 is 0 Å². The van der Waals surface area contributed by atoms with Gasteiger partial charge >= 0.3 is 0 Å². The molecule has 1 aliphatic heterocycles. The van der Waals surface area contributed by atoms with E-state index in [1.165, 1.54) is 0 Å². The van der Waals surface area contributed by atoms with Gasteiger partial charge in [-0.3, -0.25) is 0 Å². The van der Waals surface area contributed by atoms with Crippen LogP contribution in [0.5, 0.6) is 0 Å². The first-order valence-electron chi connectivity index (χ1n) is 4.47. The highest BCUT2D eigenvalue weighted by Gasteiger charge is 2.24. The molecule has 2 N–H and O–H groups in total. The van der Waals surface area contributed by atoms with Crippen molar-refractivity contribution in [2.24, 2.45) is 0 Å². The first-order valence-corrected chi connectivity index (χ1v) is 4.47. The van der Waals surface area contributed by atoms with Crippen LogP contribution in [0.4, 0.5) is 0 Å². The Morgan fingerprint density at radius 2 is 2.36 bits per heavy atom. The van der Waals surface area contributed by atoms with E-state index in [0.717, 1.165) is 18.9 Å². The predicted octanol–water partition coefficient (Wildman–Crippen LogP) is 0.146. The third-order valence-electron chi connectivity index (χ3n) is 2.29. The zero-order valence-electron chi connectivity index (χ0n) is 7.40. The predicted molar refractivity (Wildman–Crippen MR) is 47.5 cm³/mol. The molecule has 3 rings (SSSR count). The lowest BCUT2D eigenvalue weighted by Crippen LogP contribution is -2.40. The van der Waals surface area contributed by atoms with Crippen molar-refractivity contribution in [2.45, 2.75) is 5.92 Å². The number of aromatic amines is 1. The maximum atomic E-state index is 5.08.